The Morgan fingerprint density at radius 1 is 1.15 bits per heavy atom. The summed E-state index contributed by atoms with van der Waals surface area (Å²) >= 11 is 0. The Morgan fingerprint density at radius 2 is 1.90 bits per heavy atom. The van der Waals surface area contributed by atoms with E-state index in [4.69, 9.17) is 5.73 Å². The molecule has 0 aliphatic rings. The van der Waals surface area contributed by atoms with Crippen LogP contribution < -0.4 is 5.73 Å². The minimum absolute atomic E-state index is 0.0869. The van der Waals surface area contributed by atoms with Crippen molar-refractivity contribution in [3.63, 3.8) is 0 Å². The van der Waals surface area contributed by atoms with Crippen molar-refractivity contribution in [3.05, 3.63) is 48.0 Å². The summed E-state index contributed by atoms with van der Waals surface area (Å²) in [5.74, 6) is -0.968. The normalized spacial score (nSPS) is 11.2. The number of aryl methyl sites for hydroxylation is 1. The summed E-state index contributed by atoms with van der Waals surface area (Å²) in [6.07, 6.45) is 0. The zero-order valence-electron chi connectivity index (χ0n) is 10.9. The molecule has 0 spiro atoms. The minimum Gasteiger partial charge on any atom is -0.396 e. The van der Waals surface area contributed by atoms with Gasteiger partial charge in [-0.15, -0.1) is 0 Å². The summed E-state index contributed by atoms with van der Waals surface area (Å²) < 4.78 is 29.2. The van der Waals surface area contributed by atoms with Crippen LogP contribution in [0.1, 0.15) is 6.92 Å². The van der Waals surface area contributed by atoms with Gasteiger partial charge in [-0.2, -0.15) is 0 Å². The van der Waals surface area contributed by atoms with Crippen LogP contribution in [0, 0.1) is 11.6 Å². The maximum atomic E-state index is 14.0. The molecule has 1 heterocycles. The summed E-state index contributed by atoms with van der Waals surface area (Å²) in [4.78, 5) is 4.43. The van der Waals surface area contributed by atoms with Crippen molar-refractivity contribution in [2.45, 2.75) is 13.5 Å². The molecule has 0 aliphatic carbocycles. The molecule has 3 aromatic rings. The van der Waals surface area contributed by atoms with Crippen molar-refractivity contribution in [1.29, 1.82) is 0 Å². The van der Waals surface area contributed by atoms with Crippen LogP contribution in [0.2, 0.25) is 0 Å². The van der Waals surface area contributed by atoms with E-state index in [1.54, 1.807) is 0 Å². The second-order valence-electron chi connectivity index (χ2n) is 4.52. The van der Waals surface area contributed by atoms with Crippen molar-refractivity contribution in [2.75, 3.05) is 5.73 Å². The molecule has 0 bridgehead atoms. The van der Waals surface area contributed by atoms with Gasteiger partial charge in [0.15, 0.2) is 0 Å². The third-order valence-corrected chi connectivity index (χ3v) is 3.30. The van der Waals surface area contributed by atoms with E-state index in [0.29, 0.717) is 12.4 Å². The SMILES string of the molecule is CCn1c(-c2cc(N)c(F)cc2F)nc2ccccc21. The highest BCUT2D eigenvalue weighted by Crippen LogP contribution is 2.29. The van der Waals surface area contributed by atoms with Gasteiger partial charge in [0.05, 0.1) is 22.3 Å². The van der Waals surface area contributed by atoms with E-state index in [-0.39, 0.29) is 11.3 Å². The number of nitrogen functional groups attached to an aromatic ring is 1. The molecule has 0 saturated carbocycles. The third kappa shape index (κ3) is 1.82. The fourth-order valence-electron chi connectivity index (χ4n) is 2.34. The lowest BCUT2D eigenvalue weighted by Crippen LogP contribution is -2.01. The van der Waals surface area contributed by atoms with E-state index in [1.807, 2.05) is 35.8 Å². The number of benzene rings is 2. The quantitative estimate of drug-likeness (QED) is 0.725. The molecule has 3 rings (SSSR count). The molecule has 102 valence electrons. The van der Waals surface area contributed by atoms with E-state index in [1.165, 1.54) is 6.07 Å². The Labute approximate surface area is 114 Å². The first-order valence-electron chi connectivity index (χ1n) is 6.32. The first-order valence-corrected chi connectivity index (χ1v) is 6.32. The second kappa shape index (κ2) is 4.59. The second-order valence-corrected chi connectivity index (χ2v) is 4.52. The van der Waals surface area contributed by atoms with Crippen LogP contribution in [0.5, 0.6) is 0 Å². The number of imidazole rings is 1. The average molecular weight is 273 g/mol. The molecule has 5 heteroatoms. The lowest BCUT2D eigenvalue weighted by Gasteiger charge is -2.08. The zero-order chi connectivity index (χ0) is 14.3. The van der Waals surface area contributed by atoms with E-state index in [0.717, 1.165) is 17.1 Å². The lowest BCUT2D eigenvalue weighted by molar-refractivity contribution is 0.587. The predicted octanol–water partition coefficient (Wildman–Crippen LogP) is 3.58. The summed E-state index contributed by atoms with van der Waals surface area (Å²) in [6.45, 7) is 2.58. The maximum absolute atomic E-state index is 14.0. The van der Waals surface area contributed by atoms with E-state index in [2.05, 4.69) is 4.98 Å². The van der Waals surface area contributed by atoms with Gasteiger partial charge in [-0.05, 0) is 25.1 Å². The number of hydrogen-bond acceptors (Lipinski definition) is 2. The minimum atomic E-state index is -0.759. The Kier molecular flexibility index (Phi) is 2.89. The van der Waals surface area contributed by atoms with Gasteiger partial charge in [0.2, 0.25) is 0 Å². The molecular formula is C15H13F2N3. The van der Waals surface area contributed by atoms with E-state index >= 15 is 0 Å². The highest BCUT2D eigenvalue weighted by atomic mass is 19.1. The molecular weight excluding hydrogens is 260 g/mol. The number of anilines is 1. The van der Waals surface area contributed by atoms with Gasteiger partial charge >= 0.3 is 0 Å². The van der Waals surface area contributed by atoms with Gasteiger partial charge in [-0.1, -0.05) is 12.1 Å². The predicted molar refractivity (Wildman–Crippen MR) is 75.2 cm³/mol. The van der Waals surface area contributed by atoms with Crippen LogP contribution in [-0.4, -0.2) is 9.55 Å². The van der Waals surface area contributed by atoms with Gasteiger partial charge in [0.25, 0.3) is 0 Å². The molecule has 2 N–H and O–H groups in total. The van der Waals surface area contributed by atoms with E-state index in [9.17, 15) is 8.78 Å². The van der Waals surface area contributed by atoms with Crippen LogP contribution in [0.4, 0.5) is 14.5 Å². The number of hydrogen-bond donors (Lipinski definition) is 1. The number of rotatable bonds is 2. The Hall–Kier alpha value is -2.43. The number of para-hydroxylation sites is 2. The molecule has 0 saturated heterocycles. The topological polar surface area (TPSA) is 43.8 Å². The number of nitrogens with two attached hydrogens (primary N) is 1. The smallest absolute Gasteiger partial charge is 0.149 e. The van der Waals surface area contributed by atoms with E-state index < -0.39 is 11.6 Å². The van der Waals surface area contributed by atoms with Crippen molar-refractivity contribution < 1.29 is 8.78 Å². The number of halogens is 2. The van der Waals surface area contributed by atoms with Crippen LogP contribution in [0.3, 0.4) is 0 Å². The van der Waals surface area contributed by atoms with Crippen LogP contribution in [0.25, 0.3) is 22.4 Å². The molecule has 0 aliphatic heterocycles. The molecule has 2 aromatic carbocycles. The fourth-order valence-corrected chi connectivity index (χ4v) is 2.34. The number of nitrogens with zero attached hydrogens (tertiary/aromatic N) is 2. The van der Waals surface area contributed by atoms with Crippen LogP contribution in [-0.2, 0) is 6.54 Å². The largest absolute Gasteiger partial charge is 0.396 e. The fraction of sp³-hybridized carbons (Fsp3) is 0.133. The first kappa shape index (κ1) is 12.6. The zero-order valence-corrected chi connectivity index (χ0v) is 10.9. The highest BCUT2D eigenvalue weighted by molar-refractivity contribution is 5.81. The van der Waals surface area contributed by atoms with Gasteiger partial charge in [-0.25, -0.2) is 13.8 Å². The van der Waals surface area contributed by atoms with Gasteiger partial charge in [0, 0.05) is 12.6 Å². The average Bonchev–Trinajstić information content (AvgIpc) is 2.81. The van der Waals surface area contributed by atoms with Gasteiger partial charge < -0.3 is 10.3 Å². The van der Waals surface area contributed by atoms with Crippen molar-refractivity contribution in [2.24, 2.45) is 0 Å². The van der Waals surface area contributed by atoms with Crippen molar-refractivity contribution >= 4 is 16.7 Å². The van der Waals surface area contributed by atoms with Gasteiger partial charge in [-0.3, -0.25) is 0 Å². The molecule has 1 aromatic heterocycles. The summed E-state index contributed by atoms with van der Waals surface area (Å²) in [5.41, 5.74) is 7.34. The summed E-state index contributed by atoms with van der Waals surface area (Å²) in [7, 11) is 0. The monoisotopic (exact) mass is 273 g/mol. The molecule has 0 atom stereocenters. The molecule has 20 heavy (non-hydrogen) atoms. The molecule has 0 amide bonds. The van der Waals surface area contributed by atoms with Crippen LogP contribution in [0.15, 0.2) is 36.4 Å². The Bertz CT molecular complexity index is 793. The standard InChI is InChI=1S/C15H13F2N3/c1-2-20-14-6-4-3-5-13(14)19-15(20)9-7-12(18)11(17)8-10(9)16/h3-8H,2,18H2,1H3. The Morgan fingerprint density at radius 3 is 2.65 bits per heavy atom. The van der Waals surface area contributed by atoms with Crippen molar-refractivity contribution in [3.8, 4) is 11.4 Å². The first-order chi connectivity index (χ1) is 9.61. The Balaban J connectivity index is 2.32. The highest BCUT2D eigenvalue weighted by Gasteiger charge is 2.16. The summed E-state index contributed by atoms with van der Waals surface area (Å²) in [5, 5.41) is 0. The number of fused-ring (bicyclic) bond motifs is 1. The summed E-state index contributed by atoms with van der Waals surface area (Å²) in [6, 6.07) is 9.63. The molecule has 0 unspecified atom stereocenters. The van der Waals surface area contributed by atoms with Crippen molar-refractivity contribution in [1.82, 2.24) is 9.55 Å². The maximum Gasteiger partial charge on any atom is 0.149 e. The third-order valence-electron chi connectivity index (χ3n) is 3.30. The van der Waals surface area contributed by atoms with Gasteiger partial charge in [0.1, 0.15) is 17.5 Å². The lowest BCUT2D eigenvalue weighted by atomic mass is 10.1. The number of aromatic nitrogens is 2. The molecule has 0 radical (unpaired) electrons. The molecule has 3 nitrogen and oxygen atoms in total. The molecule has 0 fully saturated rings. The van der Waals surface area contributed by atoms with Crippen LogP contribution >= 0.6 is 0 Å².